The molecule has 43 heavy (non-hydrogen) atoms. The van der Waals surface area contributed by atoms with Crippen LogP contribution in [-0.2, 0) is 9.59 Å². The molecule has 1 heterocycles. The summed E-state index contributed by atoms with van der Waals surface area (Å²) in [6.07, 6.45) is 1.65. The Balaban J connectivity index is 1.31. The van der Waals surface area contributed by atoms with E-state index in [9.17, 15) is 14.4 Å². The summed E-state index contributed by atoms with van der Waals surface area (Å²) in [6.45, 7) is 0. The average molecular weight is 624 g/mol. The first-order chi connectivity index (χ1) is 21.0. The van der Waals surface area contributed by atoms with Crippen molar-refractivity contribution in [3.8, 4) is 0 Å². The van der Waals surface area contributed by atoms with Crippen LogP contribution in [0.15, 0.2) is 137 Å². The number of rotatable bonds is 10. The molecule has 3 amide bonds. The van der Waals surface area contributed by atoms with E-state index in [4.69, 9.17) is 11.6 Å². The number of benzene rings is 4. The van der Waals surface area contributed by atoms with Gasteiger partial charge in [0.05, 0.1) is 10.7 Å². The third-order valence-electron chi connectivity index (χ3n) is 6.20. The van der Waals surface area contributed by atoms with E-state index in [0.29, 0.717) is 22.0 Å². The van der Waals surface area contributed by atoms with E-state index in [-0.39, 0.29) is 17.5 Å². The lowest BCUT2D eigenvalue weighted by Crippen LogP contribution is -2.30. The summed E-state index contributed by atoms with van der Waals surface area (Å²) in [5.74, 6) is -1.05. The lowest BCUT2D eigenvalue weighted by atomic mass is 10.1. The van der Waals surface area contributed by atoms with Gasteiger partial charge in [-0.2, -0.15) is 0 Å². The molecule has 5 rings (SSSR count). The molecule has 0 fully saturated rings. The molecule has 0 aliphatic carbocycles. The molecule has 214 valence electrons. The highest BCUT2D eigenvalue weighted by Crippen LogP contribution is 2.37. The number of carbonyl (C=O) groups excluding carboxylic acids is 3. The predicted molar refractivity (Wildman–Crippen MR) is 176 cm³/mol. The zero-order valence-corrected chi connectivity index (χ0v) is 25.1. The van der Waals surface area contributed by atoms with Crippen LogP contribution >= 0.6 is 34.7 Å². The van der Waals surface area contributed by atoms with Gasteiger partial charge in [0, 0.05) is 21.0 Å². The van der Waals surface area contributed by atoms with Gasteiger partial charge in [0.15, 0.2) is 0 Å². The van der Waals surface area contributed by atoms with Crippen molar-refractivity contribution >= 4 is 69.9 Å². The maximum absolute atomic E-state index is 13.4. The summed E-state index contributed by atoms with van der Waals surface area (Å²) in [7, 11) is 0. The Morgan fingerprint density at radius 3 is 2.09 bits per heavy atom. The van der Waals surface area contributed by atoms with Crippen LogP contribution in [0.25, 0.3) is 6.08 Å². The molecule has 3 N–H and O–H groups in total. The highest BCUT2D eigenvalue weighted by Gasteiger charge is 2.23. The van der Waals surface area contributed by atoms with Crippen LogP contribution in [0.2, 0.25) is 5.02 Å². The van der Waals surface area contributed by atoms with E-state index in [2.05, 4.69) is 16.0 Å². The number of carbonyl (C=O) groups is 3. The lowest BCUT2D eigenvalue weighted by Gasteiger charge is -2.18. The Kier molecular flexibility index (Phi) is 10.1. The number of hydrogen-bond donors (Lipinski definition) is 3. The van der Waals surface area contributed by atoms with Crippen molar-refractivity contribution in [2.24, 2.45) is 0 Å². The minimum atomic E-state index is -0.550. The van der Waals surface area contributed by atoms with E-state index in [0.717, 1.165) is 15.3 Å². The fourth-order valence-corrected chi connectivity index (χ4v) is 5.94. The Morgan fingerprint density at radius 2 is 1.42 bits per heavy atom. The van der Waals surface area contributed by atoms with E-state index >= 15 is 0 Å². The third kappa shape index (κ3) is 8.23. The van der Waals surface area contributed by atoms with Gasteiger partial charge in [-0.3, -0.25) is 14.4 Å². The molecule has 4 aromatic carbocycles. The van der Waals surface area contributed by atoms with Crippen LogP contribution in [0.5, 0.6) is 0 Å². The molecule has 0 saturated carbocycles. The number of anilines is 2. The number of halogens is 1. The van der Waals surface area contributed by atoms with Gasteiger partial charge in [-0.1, -0.05) is 78.3 Å². The molecule has 0 aliphatic rings. The first kappa shape index (κ1) is 29.8. The molecule has 0 aliphatic heterocycles. The summed E-state index contributed by atoms with van der Waals surface area (Å²) in [4.78, 5) is 41.2. The van der Waals surface area contributed by atoms with Crippen LogP contribution in [0.4, 0.5) is 11.4 Å². The number of thioether (sulfide) groups is 1. The summed E-state index contributed by atoms with van der Waals surface area (Å²) < 4.78 is 0. The standard InChI is InChI=1S/C34H26ClN3O3S2/c35-28-15-7-8-16-29(28)37-34(41)31(23-10-3-1-4-11-23)43-26-19-17-25(18-20-26)36-33(40)30(22-27-14-9-21-42-27)38-32(39)24-12-5-2-6-13-24/h1-22,31H,(H,36,40)(H,37,41)(H,38,39)/b30-22-. The van der Waals surface area contributed by atoms with Gasteiger partial charge >= 0.3 is 0 Å². The number of nitrogens with one attached hydrogen (secondary N) is 3. The molecule has 1 aromatic heterocycles. The van der Waals surface area contributed by atoms with Crippen molar-refractivity contribution in [1.82, 2.24) is 5.32 Å². The second-order valence-corrected chi connectivity index (χ2v) is 11.8. The van der Waals surface area contributed by atoms with Crippen molar-refractivity contribution < 1.29 is 14.4 Å². The molecule has 6 nitrogen and oxygen atoms in total. The van der Waals surface area contributed by atoms with Crippen molar-refractivity contribution in [1.29, 1.82) is 0 Å². The second kappa shape index (κ2) is 14.5. The third-order valence-corrected chi connectivity index (χ3v) is 8.61. The van der Waals surface area contributed by atoms with Gasteiger partial charge in [-0.15, -0.1) is 23.1 Å². The Hall–Kier alpha value is -4.63. The van der Waals surface area contributed by atoms with Crippen molar-refractivity contribution in [2.75, 3.05) is 10.6 Å². The molecular weight excluding hydrogens is 598 g/mol. The van der Waals surface area contributed by atoms with Gasteiger partial charge in [0.2, 0.25) is 5.91 Å². The average Bonchev–Trinajstić information content (AvgIpc) is 3.55. The summed E-state index contributed by atoms with van der Waals surface area (Å²) >= 11 is 9.12. The first-order valence-electron chi connectivity index (χ1n) is 13.3. The molecule has 0 saturated heterocycles. The van der Waals surface area contributed by atoms with E-state index < -0.39 is 11.2 Å². The van der Waals surface area contributed by atoms with Crippen LogP contribution in [0.1, 0.15) is 26.0 Å². The van der Waals surface area contributed by atoms with Gasteiger partial charge in [0.25, 0.3) is 11.8 Å². The molecule has 0 radical (unpaired) electrons. The van der Waals surface area contributed by atoms with Crippen molar-refractivity contribution in [3.05, 3.63) is 153 Å². The monoisotopic (exact) mass is 623 g/mol. The smallest absolute Gasteiger partial charge is 0.272 e. The highest BCUT2D eigenvalue weighted by molar-refractivity contribution is 8.00. The Bertz CT molecular complexity index is 1730. The molecule has 5 aromatic rings. The number of para-hydroxylation sites is 1. The van der Waals surface area contributed by atoms with Crippen molar-refractivity contribution in [2.45, 2.75) is 10.1 Å². The van der Waals surface area contributed by atoms with Gasteiger partial charge < -0.3 is 16.0 Å². The normalized spacial score (nSPS) is 11.8. The summed E-state index contributed by atoms with van der Waals surface area (Å²) in [6, 6.07) is 36.2. The molecule has 0 spiro atoms. The first-order valence-corrected chi connectivity index (χ1v) is 15.4. The zero-order chi connectivity index (χ0) is 30.0. The number of amides is 3. The largest absolute Gasteiger partial charge is 0.323 e. The highest BCUT2D eigenvalue weighted by atomic mass is 35.5. The molecule has 1 atom stereocenters. The summed E-state index contributed by atoms with van der Waals surface area (Å²) in [5, 5.41) is 10.3. The fourth-order valence-electron chi connectivity index (χ4n) is 4.07. The molecule has 9 heteroatoms. The van der Waals surface area contributed by atoms with E-state index in [1.165, 1.54) is 23.1 Å². The predicted octanol–water partition coefficient (Wildman–Crippen LogP) is 8.28. The summed E-state index contributed by atoms with van der Waals surface area (Å²) in [5.41, 5.74) is 2.49. The molecular formula is C34H26ClN3O3S2. The number of thiophene rings is 1. The van der Waals surface area contributed by atoms with E-state index in [1.807, 2.05) is 72.1 Å². The van der Waals surface area contributed by atoms with Crippen LogP contribution in [0, 0.1) is 0 Å². The zero-order valence-electron chi connectivity index (χ0n) is 22.7. The Morgan fingerprint density at radius 1 is 0.744 bits per heavy atom. The topological polar surface area (TPSA) is 87.3 Å². The lowest BCUT2D eigenvalue weighted by molar-refractivity contribution is -0.116. The van der Waals surface area contributed by atoms with E-state index in [1.54, 1.807) is 60.7 Å². The van der Waals surface area contributed by atoms with Gasteiger partial charge in [-0.05, 0) is 71.6 Å². The maximum Gasteiger partial charge on any atom is 0.272 e. The maximum atomic E-state index is 13.4. The minimum Gasteiger partial charge on any atom is -0.323 e. The minimum absolute atomic E-state index is 0.121. The van der Waals surface area contributed by atoms with Gasteiger partial charge in [-0.25, -0.2) is 0 Å². The van der Waals surface area contributed by atoms with Crippen LogP contribution in [-0.4, -0.2) is 17.7 Å². The molecule has 0 bridgehead atoms. The van der Waals surface area contributed by atoms with Crippen molar-refractivity contribution in [3.63, 3.8) is 0 Å². The Labute approximate surface area is 262 Å². The SMILES string of the molecule is O=C(Nc1ccc(SC(C(=O)Nc2ccccc2Cl)c2ccccc2)cc1)/C(=C/c1cccs1)NC(=O)c1ccccc1. The number of hydrogen-bond acceptors (Lipinski definition) is 5. The second-order valence-electron chi connectivity index (χ2n) is 9.25. The quantitative estimate of drug-likeness (QED) is 0.108. The van der Waals surface area contributed by atoms with Crippen LogP contribution < -0.4 is 16.0 Å². The van der Waals surface area contributed by atoms with Crippen LogP contribution in [0.3, 0.4) is 0 Å². The fraction of sp³-hybridized carbons (Fsp3) is 0.0294. The molecule has 1 unspecified atom stereocenters. The van der Waals surface area contributed by atoms with Gasteiger partial charge in [0.1, 0.15) is 10.9 Å².